The van der Waals surface area contributed by atoms with Crippen LogP contribution >= 0.6 is 36.7 Å². The number of aromatic nitrogens is 4. The van der Waals surface area contributed by atoms with E-state index in [4.69, 9.17) is 46.2 Å². The number of phosphoric ester groups is 1. The number of ether oxygens (including phenoxy) is 2. The lowest BCUT2D eigenvalue weighted by atomic mass is 9.92. The summed E-state index contributed by atoms with van der Waals surface area (Å²) in [6, 6.07) is 16.8. The van der Waals surface area contributed by atoms with E-state index in [1.165, 1.54) is 4.57 Å². The molecule has 0 saturated carbocycles. The van der Waals surface area contributed by atoms with Crippen LogP contribution < -0.4 is 51.2 Å². The Balaban J connectivity index is 1.04. The zero-order valence-corrected chi connectivity index (χ0v) is 42.8. The summed E-state index contributed by atoms with van der Waals surface area (Å²) in [5.74, 6) is -0.647. The van der Waals surface area contributed by atoms with E-state index in [0.717, 1.165) is 66.4 Å². The molecular weight excluding hydrogens is 1040 g/mol. The zero-order chi connectivity index (χ0) is 53.0. The summed E-state index contributed by atoms with van der Waals surface area (Å²) in [7, 11) is -17.3. The number of nitrogens with zero attached hydrogens (tertiary/aromatic N) is 6. The van der Waals surface area contributed by atoms with Crippen LogP contribution in [0.5, 0.6) is 0 Å². The van der Waals surface area contributed by atoms with Gasteiger partial charge in [0, 0.05) is 57.4 Å². The Morgan fingerprint density at radius 1 is 0.945 bits per heavy atom. The summed E-state index contributed by atoms with van der Waals surface area (Å²) in [4.78, 5) is 113. The van der Waals surface area contributed by atoms with Crippen LogP contribution in [0.3, 0.4) is 0 Å². The molecule has 73 heavy (non-hydrogen) atoms. The number of hydrogen-bond donors (Lipinski definition) is 10. The molecule has 2 aliphatic heterocycles. The lowest BCUT2D eigenvalue weighted by Gasteiger charge is -2.25. The molecule has 4 aromatic rings. The van der Waals surface area contributed by atoms with Crippen molar-refractivity contribution in [1.82, 2.24) is 34.7 Å². The lowest BCUT2D eigenvalue weighted by molar-refractivity contribution is -0.271. The van der Waals surface area contributed by atoms with E-state index < -0.39 is 67.7 Å². The monoisotopic (exact) mass is 1090 g/mol. The number of phosphoric acid groups is 3. The first kappa shape index (κ1) is 55.3. The van der Waals surface area contributed by atoms with E-state index in [-0.39, 0.29) is 46.4 Å². The maximum atomic E-state index is 13.1. The van der Waals surface area contributed by atoms with Crippen LogP contribution in [-0.4, -0.2) is 131 Å². The molecule has 6 atom stereocenters. The van der Waals surface area contributed by atoms with Gasteiger partial charge in [-0.15, -0.1) is 0 Å². The van der Waals surface area contributed by atoms with Gasteiger partial charge in [0.15, 0.2) is 34.5 Å². The maximum Gasteiger partial charge on any atom is 0.487 e. The minimum Gasteiger partial charge on any atom is -0.603 e. The molecule has 0 spiro atoms. The molecule has 1 fully saturated rings. The number of nitrogen functional groups attached to an aromatic ring is 1. The van der Waals surface area contributed by atoms with Crippen LogP contribution in [0.4, 0.5) is 22.0 Å². The number of nitrogens with one attached hydrogen (secondary N) is 3. The first-order valence-corrected chi connectivity index (χ1v) is 27.2. The van der Waals surface area contributed by atoms with Crippen molar-refractivity contribution >= 4 is 93.2 Å². The fourth-order valence-electron chi connectivity index (χ4n) is 8.21. The normalized spacial score (nSPS) is 18.6. The SMILES string of the molecule is CCN(CC)c1cccc2c(-c3ccc(NC(=S)NCCNC(=O)O[C@H]4[C@@H](O)[C@H](n5cnc6c(N)ncnc65)O[C@@H]4CO[P+]([O-])(O)O[P+]([O-])(O)O[P+]([O-])(O)O)c(C(=O)O)c3)c3ccc(=[N+](CC)CC)cc-3oc12. The Morgan fingerprint density at radius 3 is 2.36 bits per heavy atom. The highest BCUT2D eigenvalue weighted by Crippen LogP contribution is 2.71. The van der Waals surface area contributed by atoms with Crippen LogP contribution in [0.2, 0.25) is 0 Å². The summed E-state index contributed by atoms with van der Waals surface area (Å²) in [5.41, 5.74) is 9.82. The van der Waals surface area contributed by atoms with E-state index in [9.17, 15) is 44.3 Å². The minimum atomic E-state index is -5.90. The third-order valence-electron chi connectivity index (χ3n) is 11.4. The van der Waals surface area contributed by atoms with Gasteiger partial charge in [0.2, 0.25) is 5.36 Å². The number of carboxylic acid groups (broad SMARTS) is 1. The van der Waals surface area contributed by atoms with E-state index in [0.29, 0.717) is 16.9 Å². The molecule has 1 amide bonds. The second-order valence-corrected chi connectivity index (χ2v) is 20.8. The number of benzene rings is 3. The van der Waals surface area contributed by atoms with Gasteiger partial charge in [-0.2, -0.15) is 24.1 Å². The third-order valence-corrected chi connectivity index (χ3v) is 15.5. The Hall–Kier alpha value is -5.48. The Morgan fingerprint density at radius 2 is 1.67 bits per heavy atom. The molecule has 1 aliphatic carbocycles. The Labute approximate surface area is 422 Å². The van der Waals surface area contributed by atoms with Gasteiger partial charge in [0.05, 0.1) is 29.3 Å². The molecule has 1 saturated heterocycles. The number of amides is 1. The molecule has 27 nitrogen and oxygen atoms in total. The van der Waals surface area contributed by atoms with Crippen molar-refractivity contribution in [3.8, 4) is 22.5 Å². The largest absolute Gasteiger partial charge is 0.603 e. The number of carbonyl (C=O) groups excluding carboxylic acids is 1. The highest BCUT2D eigenvalue weighted by molar-refractivity contribution is 7.80. The Kier molecular flexibility index (Phi) is 17.4. The van der Waals surface area contributed by atoms with Gasteiger partial charge in [-0.05, 0) is 69.7 Å². The summed E-state index contributed by atoms with van der Waals surface area (Å²) in [5, 5.41) is 31.8. The number of thiocarbonyl (C=S) groups is 1. The van der Waals surface area contributed by atoms with E-state index >= 15 is 0 Å². The molecule has 2 unspecified atom stereocenters. The van der Waals surface area contributed by atoms with E-state index in [2.05, 4.69) is 76.7 Å². The molecule has 11 N–H and O–H groups in total. The van der Waals surface area contributed by atoms with Crippen molar-refractivity contribution in [2.45, 2.75) is 52.2 Å². The van der Waals surface area contributed by atoms with Crippen molar-refractivity contribution in [1.29, 1.82) is 0 Å². The molecule has 7 rings (SSSR count). The molecule has 0 bridgehead atoms. The fourth-order valence-corrected chi connectivity index (χ4v) is 11.5. The summed E-state index contributed by atoms with van der Waals surface area (Å²) >= 11 is 5.49. The second kappa shape index (κ2) is 23.0. The van der Waals surface area contributed by atoms with Crippen molar-refractivity contribution in [3.63, 3.8) is 0 Å². The number of fused-ring (bicyclic) bond motifs is 3. The van der Waals surface area contributed by atoms with Gasteiger partial charge in [0.25, 0.3) is 0 Å². The molecule has 4 heterocycles. The van der Waals surface area contributed by atoms with Gasteiger partial charge in [-0.3, -0.25) is 4.57 Å². The average molecular weight is 1090 g/mol. The first-order chi connectivity index (χ1) is 34.6. The van der Waals surface area contributed by atoms with E-state index in [1.54, 1.807) is 18.2 Å². The molecule has 31 heteroatoms. The number of aromatic carboxylic acids is 1. The van der Waals surface area contributed by atoms with Crippen LogP contribution in [0.15, 0.2) is 71.7 Å². The molecule has 3 aliphatic rings. The number of aliphatic hydroxyl groups excluding tert-OH is 1. The highest BCUT2D eigenvalue weighted by Gasteiger charge is 2.55. The smallest absolute Gasteiger partial charge is 0.487 e. The summed E-state index contributed by atoms with van der Waals surface area (Å²) in [6.07, 6.45) is -5.55. The highest BCUT2D eigenvalue weighted by atomic mass is 32.1. The topological polar surface area (TPSA) is 396 Å². The summed E-state index contributed by atoms with van der Waals surface area (Å²) in [6.45, 7) is 9.95. The fraction of sp³-hybridized carbons (Fsp3) is 0.357. The van der Waals surface area contributed by atoms with Crippen molar-refractivity contribution < 1.29 is 81.1 Å². The zero-order valence-electron chi connectivity index (χ0n) is 39.3. The number of aliphatic hydroxyl groups is 1. The molecule has 2 aromatic heterocycles. The van der Waals surface area contributed by atoms with Gasteiger partial charge >= 0.3 is 36.6 Å². The number of hydrogen-bond acceptors (Lipinski definition) is 22. The molecule has 0 radical (unpaired) electrons. The van der Waals surface area contributed by atoms with Gasteiger partial charge < -0.3 is 65.4 Å². The van der Waals surface area contributed by atoms with Crippen molar-refractivity contribution in [2.75, 3.05) is 61.8 Å². The molecule has 2 aromatic carbocycles. The number of imidazole rings is 1. The van der Waals surface area contributed by atoms with Gasteiger partial charge in [0.1, 0.15) is 49.5 Å². The standard InChI is InChI=1S/C42H51N10O17P3S/c1-5-50(6-2)24-13-14-25-30(19-24)65-35-26(10-9-11-29(35)51(7-3)8-4)32(25)23-12-15-28(27(18-23)40(54)55)49-41(73)44-16-17-45-42(56)67-36-31(20-64-71(60,61)69-72(62,63)68-70(57,58)59)66-39(34(36)53)52-22-48-33-37(43)46-21-47-38(33)52/h9-15,18-19,21-22,31,34,36,39,53H,5-8,16-17,20H2,1-4H3,(H9,43,44,45,46,47,54,55,56,57,58,59,60,61,62,63,73)/p+1/t31-,34-,36-,39-/m1/s1. The van der Waals surface area contributed by atoms with Crippen LogP contribution in [-0.2, 0) is 22.6 Å². The first-order valence-electron chi connectivity index (χ1n) is 22.3. The predicted molar refractivity (Wildman–Crippen MR) is 265 cm³/mol. The lowest BCUT2D eigenvalue weighted by Crippen LogP contribution is -2.43. The number of carboxylic acids is 1. The third kappa shape index (κ3) is 12.9. The van der Waals surface area contributed by atoms with E-state index in [1.807, 2.05) is 36.4 Å². The minimum absolute atomic E-state index is 0.0152. The van der Waals surface area contributed by atoms with Gasteiger partial charge in [-0.25, -0.2) is 29.1 Å². The predicted octanol–water partition coefficient (Wildman–Crippen LogP) is 0.755. The second-order valence-electron chi connectivity index (χ2n) is 15.9. The van der Waals surface area contributed by atoms with Crippen LogP contribution in [0, 0.1) is 0 Å². The Bertz CT molecular complexity index is 3020. The van der Waals surface area contributed by atoms with Gasteiger partial charge in [-0.1, -0.05) is 18.2 Å². The quantitative estimate of drug-likeness (QED) is 0.0166. The summed E-state index contributed by atoms with van der Waals surface area (Å²) < 4.78 is 33.5. The number of anilines is 3. The van der Waals surface area contributed by atoms with Crippen LogP contribution in [0.1, 0.15) is 44.3 Å². The number of carbonyl (C=O) groups is 2. The van der Waals surface area contributed by atoms with Crippen LogP contribution in [0.25, 0.3) is 44.6 Å². The molecular formula is C42H52N10O17P3S+. The number of para-hydroxylation sites is 1. The average Bonchev–Trinajstić information content (AvgIpc) is 3.89. The van der Waals surface area contributed by atoms with Crippen molar-refractivity contribution in [3.05, 3.63) is 78.2 Å². The van der Waals surface area contributed by atoms with Crippen molar-refractivity contribution in [2.24, 2.45) is 0 Å². The number of alkyl carbamates (subject to hydrolysis) is 1. The number of rotatable bonds is 20. The maximum absolute atomic E-state index is 13.1. The molecule has 392 valence electrons. The number of nitrogens with two attached hydrogens (primary N) is 1.